The number of benzene rings is 1. The first-order valence-electron chi connectivity index (χ1n) is 9.05. The summed E-state index contributed by atoms with van der Waals surface area (Å²) in [6.45, 7) is 4.27. The lowest BCUT2D eigenvalue weighted by Gasteiger charge is -2.30. The van der Waals surface area contributed by atoms with Gasteiger partial charge in [-0.15, -0.1) is 0 Å². The van der Waals surface area contributed by atoms with Gasteiger partial charge in [-0.1, -0.05) is 11.6 Å². The number of aryl methyl sites for hydroxylation is 1. The lowest BCUT2D eigenvalue weighted by Crippen LogP contribution is -2.62. The monoisotopic (exact) mass is 427 g/mol. The fourth-order valence-corrected chi connectivity index (χ4v) is 2.99. The Morgan fingerprint density at radius 1 is 1.07 bits per heavy atom. The fraction of sp³-hybridized carbons (Fsp3) is 0.474. The van der Waals surface area contributed by atoms with Crippen LogP contribution in [0.15, 0.2) is 12.1 Å². The van der Waals surface area contributed by atoms with E-state index in [9.17, 15) is 19.2 Å². The number of hydrogen-bond acceptors (Lipinski definition) is 7. The molecule has 0 unspecified atom stereocenters. The predicted molar refractivity (Wildman–Crippen MR) is 107 cm³/mol. The first kappa shape index (κ1) is 24.2. The smallest absolute Gasteiger partial charge is 0.344 e. The summed E-state index contributed by atoms with van der Waals surface area (Å²) >= 11 is 6.13. The lowest BCUT2D eigenvalue weighted by molar-refractivity contribution is -0.168. The highest BCUT2D eigenvalue weighted by atomic mass is 35.5. The molecule has 0 heterocycles. The van der Waals surface area contributed by atoms with Crippen molar-refractivity contribution < 1.29 is 28.7 Å². The quantitative estimate of drug-likeness (QED) is 0.285. The number of hydrogen-bond donors (Lipinski definition) is 3. The standard InChI is InChI=1S/C19H26ClN3O6/c1-4-28-17(26)19(23-11(3)24,18(27)29-5-2)10-13-8-14(20)15(21)9-12(13)6-7-16(22)25/h8-9H,4-7,10,21H2,1-3H3,(H2,22,25)(H,23,24). The molecule has 0 aliphatic heterocycles. The van der Waals surface area contributed by atoms with Crippen molar-refractivity contribution in [3.05, 3.63) is 28.3 Å². The second-order valence-corrected chi connectivity index (χ2v) is 6.72. The van der Waals surface area contributed by atoms with Gasteiger partial charge in [-0.2, -0.15) is 0 Å². The van der Waals surface area contributed by atoms with E-state index in [4.69, 9.17) is 32.5 Å². The molecule has 10 heteroatoms. The van der Waals surface area contributed by atoms with E-state index in [2.05, 4.69) is 5.32 Å². The molecule has 0 bridgehead atoms. The van der Waals surface area contributed by atoms with Gasteiger partial charge in [-0.25, -0.2) is 9.59 Å². The third-order valence-corrected chi connectivity index (χ3v) is 4.38. The number of esters is 2. The van der Waals surface area contributed by atoms with Crippen LogP contribution in [-0.4, -0.2) is 42.5 Å². The minimum absolute atomic E-state index is 0.0139. The van der Waals surface area contributed by atoms with Gasteiger partial charge in [0.1, 0.15) is 0 Å². The van der Waals surface area contributed by atoms with E-state index >= 15 is 0 Å². The van der Waals surface area contributed by atoms with Crippen molar-refractivity contribution in [2.24, 2.45) is 5.73 Å². The third kappa shape index (κ3) is 6.35. The Morgan fingerprint density at radius 3 is 2.07 bits per heavy atom. The number of nitrogen functional groups attached to an aromatic ring is 1. The topological polar surface area (TPSA) is 151 Å². The number of carbonyl (C=O) groups excluding carboxylic acids is 4. The summed E-state index contributed by atoms with van der Waals surface area (Å²) in [5.74, 6) is -3.11. The van der Waals surface area contributed by atoms with Crippen LogP contribution >= 0.6 is 11.6 Å². The molecule has 0 aliphatic rings. The number of ether oxygens (including phenoxy) is 2. The molecule has 1 rings (SSSR count). The van der Waals surface area contributed by atoms with E-state index < -0.39 is 29.3 Å². The maximum absolute atomic E-state index is 12.8. The minimum atomic E-state index is -2.13. The van der Waals surface area contributed by atoms with Crippen LogP contribution in [0.2, 0.25) is 5.02 Å². The molecule has 0 atom stereocenters. The van der Waals surface area contributed by atoms with Crippen molar-refractivity contribution in [1.82, 2.24) is 5.32 Å². The number of carbonyl (C=O) groups is 4. The van der Waals surface area contributed by atoms with E-state index in [0.29, 0.717) is 11.1 Å². The molecule has 0 aliphatic carbocycles. The fourth-order valence-electron chi connectivity index (χ4n) is 2.80. The van der Waals surface area contributed by atoms with Crippen LogP contribution in [0.3, 0.4) is 0 Å². The van der Waals surface area contributed by atoms with Crippen molar-refractivity contribution in [2.75, 3.05) is 18.9 Å². The molecule has 9 nitrogen and oxygen atoms in total. The summed E-state index contributed by atoms with van der Waals surface area (Å²) in [5, 5.41) is 2.57. The average molecular weight is 428 g/mol. The van der Waals surface area contributed by atoms with Crippen molar-refractivity contribution >= 4 is 41.0 Å². The number of anilines is 1. The van der Waals surface area contributed by atoms with E-state index in [-0.39, 0.29) is 43.2 Å². The SMILES string of the molecule is CCOC(=O)C(Cc1cc(Cl)c(N)cc1CCC(N)=O)(NC(C)=O)C(=O)OCC. The number of amides is 2. The summed E-state index contributed by atoms with van der Waals surface area (Å²) in [4.78, 5) is 48.6. The van der Waals surface area contributed by atoms with Crippen LogP contribution in [0.25, 0.3) is 0 Å². The second-order valence-electron chi connectivity index (χ2n) is 6.31. The molecule has 1 aromatic rings. The van der Waals surface area contributed by atoms with E-state index in [1.54, 1.807) is 13.8 Å². The molecule has 0 fully saturated rings. The molecule has 2 amide bonds. The highest BCUT2D eigenvalue weighted by Crippen LogP contribution is 2.29. The first-order chi connectivity index (χ1) is 13.6. The number of primary amides is 1. The van der Waals surface area contributed by atoms with Crippen molar-refractivity contribution in [1.29, 1.82) is 0 Å². The van der Waals surface area contributed by atoms with Crippen molar-refractivity contribution in [3.8, 4) is 0 Å². The van der Waals surface area contributed by atoms with Gasteiger partial charge in [0.05, 0.1) is 23.9 Å². The minimum Gasteiger partial charge on any atom is -0.464 e. The van der Waals surface area contributed by atoms with E-state index in [1.165, 1.54) is 12.1 Å². The van der Waals surface area contributed by atoms with Gasteiger partial charge >= 0.3 is 11.9 Å². The first-order valence-corrected chi connectivity index (χ1v) is 9.43. The second kappa shape index (κ2) is 10.7. The van der Waals surface area contributed by atoms with Crippen LogP contribution in [-0.2, 0) is 41.5 Å². The summed E-state index contributed by atoms with van der Waals surface area (Å²) < 4.78 is 10.1. The average Bonchev–Trinajstić information content (AvgIpc) is 2.62. The molecule has 0 radical (unpaired) electrons. The summed E-state index contributed by atoms with van der Waals surface area (Å²) in [7, 11) is 0. The lowest BCUT2D eigenvalue weighted by atomic mass is 9.86. The van der Waals surface area contributed by atoms with Gasteiger partial charge in [0.2, 0.25) is 17.4 Å². The Morgan fingerprint density at radius 2 is 1.62 bits per heavy atom. The highest BCUT2D eigenvalue weighted by Gasteiger charge is 2.50. The van der Waals surface area contributed by atoms with Gasteiger partial charge in [0, 0.05) is 19.8 Å². The number of nitrogens with one attached hydrogen (secondary N) is 1. The van der Waals surface area contributed by atoms with Crippen LogP contribution < -0.4 is 16.8 Å². The maximum atomic E-state index is 12.8. The third-order valence-electron chi connectivity index (χ3n) is 4.05. The predicted octanol–water partition coefficient (Wildman–Crippen LogP) is 0.884. The number of nitrogens with two attached hydrogens (primary N) is 2. The van der Waals surface area contributed by atoms with Gasteiger partial charge in [-0.3, -0.25) is 9.59 Å². The Bertz CT molecular complexity index is 778. The summed E-state index contributed by atoms with van der Waals surface area (Å²) in [5.41, 5.74) is 10.2. The Balaban J connectivity index is 3.55. The molecular weight excluding hydrogens is 402 g/mol. The largest absolute Gasteiger partial charge is 0.464 e. The van der Waals surface area contributed by atoms with Gasteiger partial charge in [-0.05, 0) is 43.5 Å². The molecule has 5 N–H and O–H groups in total. The summed E-state index contributed by atoms with van der Waals surface area (Å²) in [6, 6.07) is 3.01. The Labute approximate surface area is 174 Å². The molecule has 160 valence electrons. The Kier molecular flexibility index (Phi) is 8.90. The van der Waals surface area contributed by atoms with Crippen LogP contribution in [0.5, 0.6) is 0 Å². The van der Waals surface area contributed by atoms with Gasteiger partial charge < -0.3 is 26.3 Å². The van der Waals surface area contributed by atoms with Gasteiger partial charge in [0.15, 0.2) is 0 Å². The zero-order valence-electron chi connectivity index (χ0n) is 16.7. The molecule has 0 aromatic heterocycles. The van der Waals surface area contributed by atoms with Crippen molar-refractivity contribution in [3.63, 3.8) is 0 Å². The maximum Gasteiger partial charge on any atom is 0.344 e. The number of rotatable bonds is 10. The van der Waals surface area contributed by atoms with Crippen molar-refractivity contribution in [2.45, 2.75) is 45.6 Å². The van der Waals surface area contributed by atoms with Crippen LogP contribution in [0, 0.1) is 0 Å². The molecule has 0 saturated carbocycles. The number of halogens is 1. The molecular formula is C19H26ClN3O6. The molecule has 1 aromatic carbocycles. The molecule has 0 spiro atoms. The van der Waals surface area contributed by atoms with Gasteiger partial charge in [0.25, 0.3) is 0 Å². The molecule has 29 heavy (non-hydrogen) atoms. The Hall–Kier alpha value is -2.81. The van der Waals surface area contributed by atoms with E-state index in [1.807, 2.05) is 0 Å². The van der Waals surface area contributed by atoms with Crippen LogP contribution in [0.4, 0.5) is 5.69 Å². The highest BCUT2D eigenvalue weighted by molar-refractivity contribution is 6.33. The molecule has 0 saturated heterocycles. The van der Waals surface area contributed by atoms with E-state index in [0.717, 1.165) is 6.92 Å². The zero-order chi connectivity index (χ0) is 22.2. The zero-order valence-corrected chi connectivity index (χ0v) is 17.4. The normalized spacial score (nSPS) is 10.9. The van der Waals surface area contributed by atoms with Crippen LogP contribution in [0.1, 0.15) is 38.3 Å². The summed E-state index contributed by atoms with van der Waals surface area (Å²) in [6.07, 6.45) is -0.0911.